The molecule has 0 aliphatic heterocycles. The number of aromatic nitrogens is 2. The molecule has 0 fully saturated rings. The molecule has 7 nitrogen and oxygen atoms in total. The van der Waals surface area contributed by atoms with Gasteiger partial charge in [-0.3, -0.25) is 9.89 Å². The fourth-order valence-corrected chi connectivity index (χ4v) is 3.31. The maximum Gasteiger partial charge on any atom is 0.292 e. The molecule has 1 aromatic carbocycles. The molecule has 1 aromatic heterocycles. The van der Waals surface area contributed by atoms with Gasteiger partial charge in [0.05, 0.1) is 6.21 Å². The van der Waals surface area contributed by atoms with Crippen LogP contribution in [0.4, 0.5) is 5.69 Å². The van der Waals surface area contributed by atoms with Crippen molar-refractivity contribution in [2.45, 2.75) is 39.5 Å². The number of rotatable bonds is 6. The Kier molecular flexibility index (Phi) is 5.55. The molecule has 1 amide bonds. The Balaban J connectivity index is 1.67. The van der Waals surface area contributed by atoms with Crippen molar-refractivity contribution in [3.05, 3.63) is 40.7 Å². The van der Waals surface area contributed by atoms with Crippen molar-refractivity contribution in [1.29, 1.82) is 0 Å². The number of aryl methyl sites for hydroxylation is 1. The number of carbonyl (C=O) groups is 1. The standard InChI is InChI=1S/C19H25N5O2/c1-3-24(4-2)14-10-9-13(17(25)11-14)12-20-23-19(26)18-15-7-5-6-8-16(15)21-22-18/h9-12,25H,3-8H2,1-2H3,(H,21,22)(H,23,26). The van der Waals surface area contributed by atoms with E-state index in [0.717, 1.165) is 55.7 Å². The molecule has 0 spiro atoms. The second kappa shape index (κ2) is 8.03. The van der Waals surface area contributed by atoms with Crippen molar-refractivity contribution >= 4 is 17.8 Å². The maximum absolute atomic E-state index is 12.3. The summed E-state index contributed by atoms with van der Waals surface area (Å²) in [7, 11) is 0. The Morgan fingerprint density at radius 1 is 1.35 bits per heavy atom. The minimum Gasteiger partial charge on any atom is -0.507 e. The quantitative estimate of drug-likeness (QED) is 0.548. The fraction of sp³-hybridized carbons (Fsp3) is 0.421. The molecule has 1 aliphatic carbocycles. The van der Waals surface area contributed by atoms with Gasteiger partial charge in [-0.05, 0) is 51.7 Å². The third kappa shape index (κ3) is 3.71. The van der Waals surface area contributed by atoms with Crippen LogP contribution in [-0.2, 0) is 12.8 Å². The van der Waals surface area contributed by atoms with E-state index in [4.69, 9.17) is 0 Å². The molecule has 1 aliphatic rings. The molecule has 3 N–H and O–H groups in total. The van der Waals surface area contributed by atoms with Gasteiger partial charge in [0.1, 0.15) is 5.75 Å². The van der Waals surface area contributed by atoms with Crippen LogP contribution in [0, 0.1) is 0 Å². The van der Waals surface area contributed by atoms with Gasteiger partial charge in [0, 0.05) is 41.7 Å². The molecular weight excluding hydrogens is 330 g/mol. The number of hydrogen-bond acceptors (Lipinski definition) is 5. The number of aromatic amines is 1. The highest BCUT2D eigenvalue weighted by molar-refractivity contribution is 5.95. The topological polar surface area (TPSA) is 93.6 Å². The van der Waals surface area contributed by atoms with Crippen LogP contribution in [0.15, 0.2) is 23.3 Å². The fourth-order valence-electron chi connectivity index (χ4n) is 3.31. The zero-order valence-electron chi connectivity index (χ0n) is 15.2. The van der Waals surface area contributed by atoms with E-state index in [1.807, 2.05) is 6.07 Å². The smallest absolute Gasteiger partial charge is 0.292 e. The molecule has 3 rings (SSSR count). The molecule has 2 aromatic rings. The van der Waals surface area contributed by atoms with E-state index in [-0.39, 0.29) is 11.7 Å². The van der Waals surface area contributed by atoms with Crippen LogP contribution in [0.2, 0.25) is 0 Å². The van der Waals surface area contributed by atoms with E-state index >= 15 is 0 Å². The molecule has 0 bridgehead atoms. The first-order chi connectivity index (χ1) is 12.6. The van der Waals surface area contributed by atoms with Crippen molar-refractivity contribution in [2.75, 3.05) is 18.0 Å². The average Bonchev–Trinajstić information content (AvgIpc) is 3.08. The summed E-state index contributed by atoms with van der Waals surface area (Å²) in [6, 6.07) is 5.43. The van der Waals surface area contributed by atoms with Crippen molar-refractivity contribution < 1.29 is 9.90 Å². The zero-order valence-corrected chi connectivity index (χ0v) is 15.2. The predicted molar refractivity (Wildman–Crippen MR) is 102 cm³/mol. The summed E-state index contributed by atoms with van der Waals surface area (Å²) < 4.78 is 0. The van der Waals surface area contributed by atoms with E-state index in [9.17, 15) is 9.90 Å². The summed E-state index contributed by atoms with van der Waals surface area (Å²) in [5.41, 5.74) is 6.46. The van der Waals surface area contributed by atoms with Crippen LogP contribution in [0.3, 0.4) is 0 Å². The summed E-state index contributed by atoms with van der Waals surface area (Å²) in [5.74, 6) is -0.204. The Hall–Kier alpha value is -2.83. The van der Waals surface area contributed by atoms with Crippen LogP contribution in [0.5, 0.6) is 5.75 Å². The number of anilines is 1. The second-order valence-electron chi connectivity index (χ2n) is 6.35. The highest BCUT2D eigenvalue weighted by Gasteiger charge is 2.21. The van der Waals surface area contributed by atoms with Gasteiger partial charge >= 0.3 is 0 Å². The normalized spacial score (nSPS) is 13.6. The summed E-state index contributed by atoms with van der Waals surface area (Å²) in [6.45, 7) is 5.87. The molecule has 0 unspecified atom stereocenters. The minimum absolute atomic E-state index is 0.129. The van der Waals surface area contributed by atoms with Gasteiger partial charge in [-0.2, -0.15) is 10.2 Å². The molecule has 26 heavy (non-hydrogen) atoms. The van der Waals surface area contributed by atoms with Gasteiger partial charge in [0.2, 0.25) is 0 Å². The summed E-state index contributed by atoms with van der Waals surface area (Å²) in [4.78, 5) is 14.4. The molecule has 138 valence electrons. The Morgan fingerprint density at radius 2 is 2.12 bits per heavy atom. The lowest BCUT2D eigenvalue weighted by Gasteiger charge is -2.21. The largest absolute Gasteiger partial charge is 0.507 e. The highest BCUT2D eigenvalue weighted by Crippen LogP contribution is 2.24. The van der Waals surface area contributed by atoms with Crippen LogP contribution >= 0.6 is 0 Å². The first-order valence-electron chi connectivity index (χ1n) is 9.11. The summed E-state index contributed by atoms with van der Waals surface area (Å²) in [5, 5.41) is 21.2. The third-order valence-corrected chi connectivity index (χ3v) is 4.78. The van der Waals surface area contributed by atoms with Gasteiger partial charge in [0.15, 0.2) is 5.69 Å². The van der Waals surface area contributed by atoms with Gasteiger partial charge < -0.3 is 10.0 Å². The average molecular weight is 355 g/mol. The zero-order chi connectivity index (χ0) is 18.5. The van der Waals surface area contributed by atoms with Gasteiger partial charge in [-0.1, -0.05) is 0 Å². The Morgan fingerprint density at radius 3 is 2.85 bits per heavy atom. The summed E-state index contributed by atoms with van der Waals surface area (Å²) >= 11 is 0. The maximum atomic E-state index is 12.3. The number of nitrogens with one attached hydrogen (secondary N) is 2. The number of phenols is 1. The van der Waals surface area contributed by atoms with Gasteiger partial charge in [-0.25, -0.2) is 5.43 Å². The lowest BCUT2D eigenvalue weighted by molar-refractivity contribution is 0.0949. The van der Waals surface area contributed by atoms with Crippen molar-refractivity contribution in [3.8, 4) is 5.75 Å². The van der Waals surface area contributed by atoms with Crippen LogP contribution < -0.4 is 10.3 Å². The lowest BCUT2D eigenvalue weighted by Crippen LogP contribution is -2.21. The minimum atomic E-state index is -0.333. The first-order valence-corrected chi connectivity index (χ1v) is 9.11. The van der Waals surface area contributed by atoms with Gasteiger partial charge in [-0.15, -0.1) is 0 Å². The second-order valence-corrected chi connectivity index (χ2v) is 6.35. The number of nitrogens with zero attached hydrogens (tertiary/aromatic N) is 3. The Bertz CT molecular complexity index is 808. The number of amides is 1. The summed E-state index contributed by atoms with van der Waals surface area (Å²) in [6.07, 6.45) is 5.44. The van der Waals surface area contributed by atoms with Crippen molar-refractivity contribution in [2.24, 2.45) is 5.10 Å². The van der Waals surface area contributed by atoms with E-state index in [1.165, 1.54) is 6.21 Å². The van der Waals surface area contributed by atoms with Crippen LogP contribution in [-0.4, -0.2) is 40.5 Å². The number of fused-ring (bicyclic) bond motifs is 1. The molecule has 0 atom stereocenters. The van der Waals surface area contributed by atoms with E-state index in [1.54, 1.807) is 12.1 Å². The molecular formula is C19H25N5O2. The number of aromatic hydroxyl groups is 1. The number of H-pyrrole nitrogens is 1. The lowest BCUT2D eigenvalue weighted by atomic mass is 9.96. The van der Waals surface area contributed by atoms with E-state index < -0.39 is 0 Å². The molecule has 7 heteroatoms. The van der Waals surface area contributed by atoms with Crippen LogP contribution in [0.25, 0.3) is 0 Å². The molecule has 0 saturated carbocycles. The number of hydrogen-bond donors (Lipinski definition) is 3. The monoisotopic (exact) mass is 355 g/mol. The number of phenolic OH excluding ortho intramolecular Hbond substituents is 1. The SMILES string of the molecule is CCN(CC)c1ccc(C=NNC(=O)c2n[nH]c3c2CCCC3)c(O)c1. The number of benzene rings is 1. The predicted octanol–water partition coefficient (Wildman–Crippen LogP) is 2.60. The molecule has 0 saturated heterocycles. The number of hydrazone groups is 1. The Labute approximate surface area is 153 Å². The first kappa shape index (κ1) is 18.0. The molecule has 0 radical (unpaired) electrons. The third-order valence-electron chi connectivity index (χ3n) is 4.78. The van der Waals surface area contributed by atoms with Crippen molar-refractivity contribution in [1.82, 2.24) is 15.6 Å². The number of carbonyl (C=O) groups excluding carboxylic acids is 1. The van der Waals surface area contributed by atoms with Gasteiger partial charge in [0.25, 0.3) is 5.91 Å². The van der Waals surface area contributed by atoms with Crippen LogP contribution in [0.1, 0.15) is 54.0 Å². The van der Waals surface area contributed by atoms with E-state index in [2.05, 4.69) is 39.5 Å². The molecule has 1 heterocycles. The van der Waals surface area contributed by atoms with E-state index in [0.29, 0.717) is 11.3 Å². The highest BCUT2D eigenvalue weighted by atomic mass is 16.3. The van der Waals surface area contributed by atoms with Crippen molar-refractivity contribution in [3.63, 3.8) is 0 Å².